The second kappa shape index (κ2) is 10.1. The van der Waals surface area contributed by atoms with Crippen LogP contribution < -0.4 is 18.7 Å². The van der Waals surface area contributed by atoms with Gasteiger partial charge in [-0.25, -0.2) is 8.42 Å². The summed E-state index contributed by atoms with van der Waals surface area (Å²) in [5.74, 6) is 1.23. The summed E-state index contributed by atoms with van der Waals surface area (Å²) in [7, 11) is -1.99. The highest BCUT2D eigenvalue weighted by Crippen LogP contribution is 2.23. The van der Waals surface area contributed by atoms with Gasteiger partial charge in [0.1, 0.15) is 18.0 Å². The number of anilines is 2. The Bertz CT molecular complexity index is 999. The van der Waals surface area contributed by atoms with E-state index in [0.717, 1.165) is 22.0 Å². The Balaban J connectivity index is 1.63. The molecule has 0 radical (unpaired) electrons. The minimum atomic E-state index is -3.63. The fourth-order valence-electron chi connectivity index (χ4n) is 3.59. The Morgan fingerprint density at radius 3 is 2.03 bits per heavy atom. The Morgan fingerprint density at radius 2 is 1.53 bits per heavy atom. The maximum absolute atomic E-state index is 12.9. The molecule has 2 aromatic rings. The van der Waals surface area contributed by atoms with E-state index in [4.69, 9.17) is 9.47 Å². The number of amides is 1. The highest BCUT2D eigenvalue weighted by Gasteiger charge is 2.26. The van der Waals surface area contributed by atoms with E-state index in [1.54, 1.807) is 36.3 Å². The first-order chi connectivity index (χ1) is 15.2. The van der Waals surface area contributed by atoms with Gasteiger partial charge in [0.05, 0.1) is 25.2 Å². The fourth-order valence-corrected chi connectivity index (χ4v) is 4.44. The molecule has 3 rings (SSSR count). The van der Waals surface area contributed by atoms with Crippen LogP contribution in [0.5, 0.6) is 11.5 Å². The van der Waals surface area contributed by atoms with Crippen LogP contribution >= 0.6 is 0 Å². The van der Waals surface area contributed by atoms with E-state index in [2.05, 4.69) is 4.90 Å². The van der Waals surface area contributed by atoms with Crippen LogP contribution in [0, 0.1) is 0 Å². The van der Waals surface area contributed by atoms with E-state index >= 15 is 0 Å². The molecule has 0 spiro atoms. The fraction of sp³-hybridized carbons (Fsp3) is 0.435. The van der Waals surface area contributed by atoms with Crippen molar-refractivity contribution in [3.05, 3.63) is 48.5 Å². The number of ether oxygens (including phenoxy) is 2. The molecule has 0 bridgehead atoms. The molecule has 0 atom stereocenters. The van der Waals surface area contributed by atoms with Crippen LogP contribution in [0.4, 0.5) is 11.4 Å². The van der Waals surface area contributed by atoms with Crippen molar-refractivity contribution in [1.29, 1.82) is 0 Å². The summed E-state index contributed by atoms with van der Waals surface area (Å²) in [4.78, 5) is 16.8. The van der Waals surface area contributed by atoms with E-state index in [0.29, 0.717) is 37.6 Å². The lowest BCUT2D eigenvalue weighted by molar-refractivity contribution is -0.129. The monoisotopic (exact) mass is 461 g/mol. The van der Waals surface area contributed by atoms with Crippen LogP contribution in [0.2, 0.25) is 0 Å². The Labute approximate surface area is 190 Å². The summed E-state index contributed by atoms with van der Waals surface area (Å²) in [5.41, 5.74) is 1.51. The van der Waals surface area contributed by atoms with Gasteiger partial charge in [0, 0.05) is 31.9 Å². The molecule has 1 amide bonds. The highest BCUT2D eigenvalue weighted by atomic mass is 32.2. The largest absolute Gasteiger partial charge is 0.497 e. The maximum atomic E-state index is 12.9. The number of hydrogen-bond acceptors (Lipinski definition) is 6. The van der Waals surface area contributed by atoms with Gasteiger partial charge < -0.3 is 19.3 Å². The van der Waals surface area contributed by atoms with Crippen LogP contribution in [0.3, 0.4) is 0 Å². The summed E-state index contributed by atoms with van der Waals surface area (Å²) in [6.45, 7) is 6.03. The van der Waals surface area contributed by atoms with Crippen molar-refractivity contribution in [2.75, 3.05) is 55.3 Å². The lowest BCUT2D eigenvalue weighted by atomic mass is 10.2. The van der Waals surface area contributed by atoms with E-state index in [1.807, 2.05) is 38.1 Å². The molecule has 1 aliphatic heterocycles. The van der Waals surface area contributed by atoms with Gasteiger partial charge in [-0.1, -0.05) is 0 Å². The Morgan fingerprint density at radius 1 is 0.969 bits per heavy atom. The number of benzene rings is 2. The summed E-state index contributed by atoms with van der Waals surface area (Å²) in [6.07, 6.45) is 1.13. The third-order valence-corrected chi connectivity index (χ3v) is 6.39. The van der Waals surface area contributed by atoms with Crippen molar-refractivity contribution in [2.45, 2.75) is 20.0 Å². The van der Waals surface area contributed by atoms with E-state index in [1.165, 1.54) is 0 Å². The molecule has 174 valence electrons. The van der Waals surface area contributed by atoms with Crippen LogP contribution in [0.1, 0.15) is 13.8 Å². The number of sulfonamides is 1. The zero-order valence-electron chi connectivity index (χ0n) is 19.0. The van der Waals surface area contributed by atoms with Gasteiger partial charge in [-0.2, -0.15) is 0 Å². The number of piperazine rings is 1. The molecule has 0 saturated carbocycles. The standard InChI is InChI=1S/C23H31N3O5S/c1-18(2)31-22-11-7-20(8-12-22)26(32(4,28)29)17-23(27)25-15-13-24(14-16-25)19-5-9-21(30-3)10-6-19/h5-12,18H,13-17H2,1-4H3. The van der Waals surface area contributed by atoms with Gasteiger partial charge in [0.25, 0.3) is 0 Å². The number of carbonyl (C=O) groups excluding carboxylic acids is 1. The van der Waals surface area contributed by atoms with Gasteiger partial charge in [0.2, 0.25) is 15.9 Å². The average molecular weight is 462 g/mol. The minimum absolute atomic E-state index is 0.0185. The van der Waals surface area contributed by atoms with Crippen LogP contribution in [0.15, 0.2) is 48.5 Å². The summed E-state index contributed by atoms with van der Waals surface area (Å²) >= 11 is 0. The van der Waals surface area contributed by atoms with Crippen molar-refractivity contribution in [3.8, 4) is 11.5 Å². The first kappa shape index (κ1) is 23.7. The molecule has 0 aliphatic carbocycles. The van der Waals surface area contributed by atoms with E-state index in [-0.39, 0.29) is 18.6 Å². The molecule has 1 aliphatic rings. The summed E-state index contributed by atoms with van der Waals surface area (Å²) in [5, 5.41) is 0. The molecule has 0 aromatic heterocycles. The quantitative estimate of drug-likeness (QED) is 0.601. The molecule has 8 nitrogen and oxygen atoms in total. The average Bonchev–Trinajstić information content (AvgIpc) is 2.77. The first-order valence-electron chi connectivity index (χ1n) is 10.6. The smallest absolute Gasteiger partial charge is 0.243 e. The number of nitrogens with zero attached hydrogens (tertiary/aromatic N) is 3. The molecular weight excluding hydrogens is 430 g/mol. The molecule has 1 heterocycles. The van der Waals surface area contributed by atoms with Crippen molar-refractivity contribution in [3.63, 3.8) is 0 Å². The van der Waals surface area contributed by atoms with Gasteiger partial charge in [-0.05, 0) is 62.4 Å². The second-order valence-corrected chi connectivity index (χ2v) is 9.90. The first-order valence-corrected chi connectivity index (χ1v) is 12.4. The van der Waals surface area contributed by atoms with Crippen molar-refractivity contribution in [1.82, 2.24) is 4.90 Å². The van der Waals surface area contributed by atoms with Gasteiger partial charge in [0.15, 0.2) is 0 Å². The molecule has 0 unspecified atom stereocenters. The SMILES string of the molecule is COc1ccc(N2CCN(C(=O)CN(c3ccc(OC(C)C)cc3)S(C)(=O)=O)CC2)cc1. The normalized spacial score (nSPS) is 14.4. The molecule has 32 heavy (non-hydrogen) atoms. The topological polar surface area (TPSA) is 79.4 Å². The molecular formula is C23H31N3O5S. The summed E-state index contributed by atoms with van der Waals surface area (Å²) < 4.78 is 36.8. The number of carbonyl (C=O) groups is 1. The predicted octanol–water partition coefficient (Wildman–Crippen LogP) is 2.60. The lowest BCUT2D eigenvalue weighted by Crippen LogP contribution is -2.52. The Kier molecular flexibility index (Phi) is 7.50. The second-order valence-electron chi connectivity index (χ2n) is 8.00. The molecule has 1 saturated heterocycles. The predicted molar refractivity (Wildman–Crippen MR) is 126 cm³/mol. The number of rotatable bonds is 8. The number of hydrogen-bond donors (Lipinski definition) is 0. The van der Waals surface area contributed by atoms with E-state index in [9.17, 15) is 13.2 Å². The minimum Gasteiger partial charge on any atom is -0.497 e. The highest BCUT2D eigenvalue weighted by molar-refractivity contribution is 7.92. The van der Waals surface area contributed by atoms with Crippen molar-refractivity contribution >= 4 is 27.3 Å². The van der Waals surface area contributed by atoms with Crippen LogP contribution in [-0.2, 0) is 14.8 Å². The molecule has 9 heteroatoms. The number of methoxy groups -OCH3 is 1. The van der Waals surface area contributed by atoms with Crippen molar-refractivity contribution in [2.24, 2.45) is 0 Å². The summed E-state index contributed by atoms with van der Waals surface area (Å²) in [6, 6.07) is 14.6. The molecule has 1 fully saturated rings. The Hall–Kier alpha value is -2.94. The lowest BCUT2D eigenvalue weighted by Gasteiger charge is -2.37. The molecule has 0 N–H and O–H groups in total. The maximum Gasteiger partial charge on any atom is 0.243 e. The van der Waals surface area contributed by atoms with E-state index < -0.39 is 10.0 Å². The molecule has 2 aromatic carbocycles. The zero-order chi connectivity index (χ0) is 23.3. The third kappa shape index (κ3) is 6.06. The van der Waals surface area contributed by atoms with Gasteiger partial charge in [-0.3, -0.25) is 9.10 Å². The van der Waals surface area contributed by atoms with Gasteiger partial charge >= 0.3 is 0 Å². The zero-order valence-corrected chi connectivity index (χ0v) is 19.8. The van der Waals surface area contributed by atoms with Gasteiger partial charge in [-0.15, -0.1) is 0 Å². The van der Waals surface area contributed by atoms with Crippen LogP contribution in [0.25, 0.3) is 0 Å². The van der Waals surface area contributed by atoms with Crippen LogP contribution in [-0.4, -0.2) is 71.4 Å². The third-order valence-electron chi connectivity index (χ3n) is 5.25. The van der Waals surface area contributed by atoms with Crippen molar-refractivity contribution < 1.29 is 22.7 Å².